The second-order valence-electron chi connectivity index (χ2n) is 5.01. The molecule has 3 rings (SSSR count). The lowest BCUT2D eigenvalue weighted by molar-refractivity contribution is 0.415. The van der Waals surface area contributed by atoms with Gasteiger partial charge in [-0.2, -0.15) is 0 Å². The lowest BCUT2D eigenvalue weighted by atomic mass is 10.1. The van der Waals surface area contributed by atoms with Gasteiger partial charge in [-0.15, -0.1) is 22.0 Å². The Hall–Kier alpha value is -1.55. The van der Waals surface area contributed by atoms with E-state index in [1.807, 2.05) is 42.1 Å². The van der Waals surface area contributed by atoms with Crippen LogP contribution in [0.25, 0.3) is 11.3 Å². The molecule has 0 amide bonds. The maximum atomic E-state index is 5.16. The highest BCUT2D eigenvalue weighted by molar-refractivity contribution is 7.99. The van der Waals surface area contributed by atoms with Crippen LogP contribution in [0, 0.1) is 0 Å². The summed E-state index contributed by atoms with van der Waals surface area (Å²) in [7, 11) is 1.67. The third-order valence-corrected chi connectivity index (χ3v) is 4.88. The van der Waals surface area contributed by atoms with Gasteiger partial charge in [-0.25, -0.2) is 0 Å². The van der Waals surface area contributed by atoms with Crippen LogP contribution >= 0.6 is 11.8 Å². The van der Waals surface area contributed by atoms with Crippen molar-refractivity contribution in [2.45, 2.75) is 36.0 Å². The lowest BCUT2D eigenvalue weighted by Crippen LogP contribution is -1.96. The number of hydrogen-bond donors (Lipinski definition) is 0. The molecule has 0 bridgehead atoms. The Labute approximate surface area is 123 Å². The number of rotatable bonds is 4. The number of ether oxygens (including phenoxy) is 1. The van der Waals surface area contributed by atoms with Gasteiger partial charge in [0.25, 0.3) is 0 Å². The van der Waals surface area contributed by atoms with E-state index in [2.05, 4.69) is 16.3 Å². The first kappa shape index (κ1) is 13.4. The molecule has 0 unspecified atom stereocenters. The van der Waals surface area contributed by atoms with Crippen molar-refractivity contribution in [1.82, 2.24) is 10.2 Å². The maximum Gasteiger partial charge on any atom is 0.119 e. The van der Waals surface area contributed by atoms with Gasteiger partial charge in [-0.1, -0.05) is 12.8 Å². The fourth-order valence-electron chi connectivity index (χ4n) is 2.48. The van der Waals surface area contributed by atoms with Crippen molar-refractivity contribution >= 4 is 11.8 Å². The number of benzene rings is 1. The van der Waals surface area contributed by atoms with Crippen LogP contribution in [0.2, 0.25) is 0 Å². The van der Waals surface area contributed by atoms with Crippen molar-refractivity contribution in [1.29, 1.82) is 0 Å². The van der Waals surface area contributed by atoms with Crippen LogP contribution in [0.3, 0.4) is 0 Å². The molecule has 1 fully saturated rings. The normalized spacial score (nSPS) is 15.4. The Bertz CT molecular complexity index is 548. The molecule has 2 aromatic rings. The van der Waals surface area contributed by atoms with E-state index in [1.54, 1.807) is 7.11 Å². The Morgan fingerprint density at radius 1 is 1.00 bits per heavy atom. The summed E-state index contributed by atoms with van der Waals surface area (Å²) < 4.78 is 5.16. The van der Waals surface area contributed by atoms with Gasteiger partial charge in [0.1, 0.15) is 10.8 Å². The Morgan fingerprint density at radius 3 is 2.35 bits per heavy atom. The van der Waals surface area contributed by atoms with E-state index in [1.165, 1.54) is 25.7 Å². The second kappa shape index (κ2) is 6.27. The van der Waals surface area contributed by atoms with Gasteiger partial charge in [0, 0.05) is 10.8 Å². The molecule has 0 spiro atoms. The lowest BCUT2D eigenvalue weighted by Gasteiger charge is -2.07. The van der Waals surface area contributed by atoms with E-state index in [0.29, 0.717) is 0 Å². The zero-order valence-corrected chi connectivity index (χ0v) is 12.4. The van der Waals surface area contributed by atoms with E-state index in [-0.39, 0.29) is 0 Å². The van der Waals surface area contributed by atoms with Gasteiger partial charge in [0.05, 0.1) is 12.8 Å². The van der Waals surface area contributed by atoms with Gasteiger partial charge in [-0.05, 0) is 49.2 Å². The van der Waals surface area contributed by atoms with Crippen LogP contribution in [0.5, 0.6) is 5.75 Å². The zero-order chi connectivity index (χ0) is 13.8. The minimum atomic E-state index is 0.733. The van der Waals surface area contributed by atoms with E-state index < -0.39 is 0 Å². The van der Waals surface area contributed by atoms with Gasteiger partial charge < -0.3 is 4.74 Å². The highest BCUT2D eigenvalue weighted by Crippen LogP contribution is 2.33. The molecule has 1 saturated carbocycles. The highest BCUT2D eigenvalue weighted by Gasteiger charge is 2.16. The standard InChI is InChI=1S/C16H18N2OS/c1-19-13-8-6-12(7-9-13)15-10-11-16(18-17-15)20-14-4-2-3-5-14/h6-11,14H,2-5H2,1H3. The first-order valence-corrected chi connectivity index (χ1v) is 7.88. The molecule has 0 radical (unpaired) electrons. The van der Waals surface area contributed by atoms with E-state index >= 15 is 0 Å². The fourth-order valence-corrected chi connectivity index (χ4v) is 3.62. The summed E-state index contributed by atoms with van der Waals surface area (Å²) in [5, 5.41) is 10.4. The number of methoxy groups -OCH3 is 1. The molecule has 1 aromatic carbocycles. The number of thioether (sulfide) groups is 1. The molecule has 1 heterocycles. The molecule has 4 heteroatoms. The summed E-state index contributed by atoms with van der Waals surface area (Å²) >= 11 is 1.87. The zero-order valence-electron chi connectivity index (χ0n) is 11.6. The molecule has 20 heavy (non-hydrogen) atoms. The average Bonchev–Trinajstić information content (AvgIpc) is 3.01. The smallest absolute Gasteiger partial charge is 0.119 e. The first-order chi connectivity index (χ1) is 9.85. The van der Waals surface area contributed by atoms with Gasteiger partial charge in [-0.3, -0.25) is 0 Å². The Morgan fingerprint density at radius 2 is 1.75 bits per heavy atom. The quantitative estimate of drug-likeness (QED) is 0.844. The van der Waals surface area contributed by atoms with Crippen molar-refractivity contribution in [2.75, 3.05) is 7.11 Å². The van der Waals surface area contributed by atoms with Crippen molar-refractivity contribution in [3.63, 3.8) is 0 Å². The molecular weight excluding hydrogens is 268 g/mol. The summed E-state index contributed by atoms with van der Waals surface area (Å²) in [5.74, 6) is 0.857. The van der Waals surface area contributed by atoms with Crippen molar-refractivity contribution in [2.24, 2.45) is 0 Å². The molecule has 0 aliphatic heterocycles. The predicted molar refractivity (Wildman–Crippen MR) is 82.1 cm³/mol. The Kier molecular flexibility index (Phi) is 4.21. The summed E-state index contributed by atoms with van der Waals surface area (Å²) in [5.41, 5.74) is 1.97. The molecule has 0 saturated heterocycles. The van der Waals surface area contributed by atoms with Gasteiger partial charge in [0.2, 0.25) is 0 Å². The maximum absolute atomic E-state index is 5.16. The molecule has 1 aromatic heterocycles. The molecule has 1 aliphatic rings. The van der Waals surface area contributed by atoms with E-state index in [9.17, 15) is 0 Å². The Balaban J connectivity index is 1.71. The molecule has 1 aliphatic carbocycles. The molecule has 3 nitrogen and oxygen atoms in total. The summed E-state index contributed by atoms with van der Waals surface area (Å²) in [6.45, 7) is 0. The van der Waals surface area contributed by atoms with Crippen molar-refractivity contribution in [3.8, 4) is 17.0 Å². The number of nitrogens with zero attached hydrogens (tertiary/aromatic N) is 2. The van der Waals surface area contributed by atoms with E-state index in [4.69, 9.17) is 4.74 Å². The third kappa shape index (κ3) is 3.12. The fraction of sp³-hybridized carbons (Fsp3) is 0.375. The van der Waals surface area contributed by atoms with Crippen molar-refractivity contribution in [3.05, 3.63) is 36.4 Å². The third-order valence-electron chi connectivity index (χ3n) is 3.62. The molecular formula is C16H18N2OS. The average molecular weight is 286 g/mol. The molecule has 0 N–H and O–H groups in total. The monoisotopic (exact) mass is 286 g/mol. The highest BCUT2D eigenvalue weighted by atomic mass is 32.2. The van der Waals surface area contributed by atoms with Gasteiger partial charge >= 0.3 is 0 Å². The minimum Gasteiger partial charge on any atom is -0.497 e. The topological polar surface area (TPSA) is 35.0 Å². The van der Waals surface area contributed by atoms with Crippen LogP contribution < -0.4 is 4.74 Å². The second-order valence-corrected chi connectivity index (χ2v) is 6.33. The molecule has 0 atom stereocenters. The number of hydrogen-bond acceptors (Lipinski definition) is 4. The van der Waals surface area contributed by atoms with Crippen LogP contribution in [-0.2, 0) is 0 Å². The van der Waals surface area contributed by atoms with Crippen LogP contribution in [0.1, 0.15) is 25.7 Å². The summed E-state index contributed by atoms with van der Waals surface area (Å²) in [6, 6.07) is 12.0. The number of aromatic nitrogens is 2. The minimum absolute atomic E-state index is 0.733. The summed E-state index contributed by atoms with van der Waals surface area (Å²) in [6.07, 6.45) is 5.34. The van der Waals surface area contributed by atoms with E-state index in [0.717, 1.165) is 27.3 Å². The molecule has 104 valence electrons. The SMILES string of the molecule is COc1ccc(-c2ccc(SC3CCCC3)nn2)cc1. The predicted octanol–water partition coefficient (Wildman–Crippen LogP) is 4.19. The first-order valence-electron chi connectivity index (χ1n) is 7.00. The van der Waals surface area contributed by atoms with Crippen molar-refractivity contribution < 1.29 is 4.74 Å². The van der Waals surface area contributed by atoms with Gasteiger partial charge in [0.15, 0.2) is 0 Å². The van der Waals surface area contributed by atoms with Crippen LogP contribution in [-0.4, -0.2) is 22.6 Å². The largest absolute Gasteiger partial charge is 0.497 e. The van der Waals surface area contributed by atoms with Crippen LogP contribution in [0.15, 0.2) is 41.4 Å². The van der Waals surface area contributed by atoms with Crippen LogP contribution in [0.4, 0.5) is 0 Å². The summed E-state index contributed by atoms with van der Waals surface area (Å²) in [4.78, 5) is 0.